The minimum absolute atomic E-state index is 0.647. The lowest BCUT2D eigenvalue weighted by atomic mass is 9.94. The molecule has 1 fully saturated rings. The number of nitrogens with one attached hydrogen (secondary N) is 2. The summed E-state index contributed by atoms with van der Waals surface area (Å²) in [7, 11) is 2.06. The Hall–Kier alpha value is -1.79. The third-order valence-electron chi connectivity index (χ3n) is 4.39. The maximum Gasteiger partial charge on any atom is 0.187 e. The number of aromatic amines is 1. The minimum atomic E-state index is 0.647. The number of H-pyrrole nitrogens is 1. The van der Waals surface area contributed by atoms with E-state index in [2.05, 4.69) is 28.4 Å². The molecule has 1 aliphatic rings. The molecule has 1 aromatic carbocycles. The second kappa shape index (κ2) is 5.07. The fraction of sp³-hybridized carbons (Fsp3) is 0.438. The van der Waals surface area contributed by atoms with Crippen molar-refractivity contribution < 1.29 is 0 Å². The molecular formula is C16H19N3. The van der Waals surface area contributed by atoms with Crippen LogP contribution in [0.2, 0.25) is 0 Å². The Labute approximate surface area is 113 Å². The van der Waals surface area contributed by atoms with Gasteiger partial charge in [-0.2, -0.15) is 0 Å². The Balaban J connectivity index is 1.90. The first-order valence-corrected chi connectivity index (χ1v) is 6.96. The van der Waals surface area contributed by atoms with Crippen molar-refractivity contribution in [1.82, 2.24) is 10.3 Å². The zero-order valence-electron chi connectivity index (χ0n) is 11.2. The lowest BCUT2D eigenvalue weighted by Gasteiger charge is -2.18. The van der Waals surface area contributed by atoms with Gasteiger partial charge in [-0.25, -0.2) is 4.85 Å². The summed E-state index contributed by atoms with van der Waals surface area (Å²) < 4.78 is 0. The smallest absolute Gasteiger partial charge is 0.187 e. The number of rotatable bonds is 3. The topological polar surface area (TPSA) is 32.2 Å². The SMILES string of the molecule is [C-]#[N+]c1ccc2[nH]cc(CC3CCCC3NC)c2c1. The molecule has 1 saturated carbocycles. The number of aromatic nitrogens is 1. The number of hydrogen-bond donors (Lipinski definition) is 2. The summed E-state index contributed by atoms with van der Waals surface area (Å²) >= 11 is 0. The first kappa shape index (κ1) is 12.3. The monoisotopic (exact) mass is 253 g/mol. The van der Waals surface area contributed by atoms with Crippen LogP contribution in [0.1, 0.15) is 24.8 Å². The second-order valence-corrected chi connectivity index (χ2v) is 5.45. The molecule has 1 aromatic heterocycles. The van der Waals surface area contributed by atoms with E-state index in [1.165, 1.54) is 30.2 Å². The lowest BCUT2D eigenvalue weighted by Crippen LogP contribution is -2.29. The van der Waals surface area contributed by atoms with Gasteiger partial charge in [-0.3, -0.25) is 0 Å². The molecule has 3 rings (SSSR count). The van der Waals surface area contributed by atoms with Crippen molar-refractivity contribution in [2.24, 2.45) is 5.92 Å². The van der Waals surface area contributed by atoms with Crippen LogP contribution in [0, 0.1) is 12.5 Å². The third kappa shape index (κ3) is 2.24. The molecule has 1 aliphatic carbocycles. The predicted molar refractivity (Wildman–Crippen MR) is 78.5 cm³/mol. The molecule has 0 amide bonds. The standard InChI is InChI=1S/C16H19N3/c1-17-13-6-7-16-14(9-13)12(10-19-16)8-11-4-3-5-15(11)18-2/h6-7,9-11,15,18-19H,3-5,8H2,2H3. The highest BCUT2D eigenvalue weighted by Gasteiger charge is 2.26. The van der Waals surface area contributed by atoms with Crippen LogP contribution >= 0.6 is 0 Å². The molecule has 1 heterocycles. The van der Waals surface area contributed by atoms with E-state index in [9.17, 15) is 0 Å². The van der Waals surface area contributed by atoms with Crippen molar-refractivity contribution >= 4 is 16.6 Å². The molecule has 2 atom stereocenters. The van der Waals surface area contributed by atoms with Crippen molar-refractivity contribution in [2.75, 3.05) is 7.05 Å². The zero-order chi connectivity index (χ0) is 13.2. The van der Waals surface area contributed by atoms with E-state index < -0.39 is 0 Å². The van der Waals surface area contributed by atoms with Crippen molar-refractivity contribution in [3.8, 4) is 0 Å². The number of nitrogens with zero attached hydrogens (tertiary/aromatic N) is 1. The van der Waals surface area contributed by atoms with E-state index >= 15 is 0 Å². The number of benzene rings is 1. The first-order chi connectivity index (χ1) is 9.31. The summed E-state index contributed by atoms with van der Waals surface area (Å²) in [5, 5.41) is 4.66. The Kier molecular flexibility index (Phi) is 3.27. The summed E-state index contributed by atoms with van der Waals surface area (Å²) in [6.45, 7) is 7.13. The van der Waals surface area contributed by atoms with Crippen LogP contribution in [-0.2, 0) is 6.42 Å². The second-order valence-electron chi connectivity index (χ2n) is 5.45. The molecule has 19 heavy (non-hydrogen) atoms. The normalized spacial score (nSPS) is 22.7. The Morgan fingerprint density at radius 1 is 1.42 bits per heavy atom. The number of hydrogen-bond acceptors (Lipinski definition) is 1. The van der Waals surface area contributed by atoms with E-state index in [-0.39, 0.29) is 0 Å². The third-order valence-corrected chi connectivity index (χ3v) is 4.39. The predicted octanol–water partition coefficient (Wildman–Crippen LogP) is 3.65. The first-order valence-electron chi connectivity index (χ1n) is 6.96. The summed E-state index contributed by atoms with van der Waals surface area (Å²) in [5.74, 6) is 0.723. The molecule has 2 N–H and O–H groups in total. The number of fused-ring (bicyclic) bond motifs is 1. The highest BCUT2D eigenvalue weighted by atomic mass is 14.9. The molecule has 0 saturated heterocycles. The van der Waals surface area contributed by atoms with Gasteiger partial charge in [0, 0.05) is 17.8 Å². The van der Waals surface area contributed by atoms with E-state index in [1.54, 1.807) is 0 Å². The Bertz CT molecular complexity index is 620. The maximum absolute atomic E-state index is 7.13. The maximum atomic E-state index is 7.13. The van der Waals surface area contributed by atoms with Gasteiger partial charge < -0.3 is 10.3 Å². The van der Waals surface area contributed by atoms with Crippen LogP contribution in [0.15, 0.2) is 24.4 Å². The summed E-state index contributed by atoms with van der Waals surface area (Å²) in [6.07, 6.45) is 7.14. The van der Waals surface area contributed by atoms with Gasteiger partial charge in [-0.1, -0.05) is 12.5 Å². The average Bonchev–Trinajstić information content (AvgIpc) is 3.06. The molecule has 3 nitrogen and oxygen atoms in total. The molecule has 0 radical (unpaired) electrons. The van der Waals surface area contributed by atoms with Gasteiger partial charge in [-0.05, 0) is 55.3 Å². The van der Waals surface area contributed by atoms with Crippen LogP contribution in [0.3, 0.4) is 0 Å². The van der Waals surface area contributed by atoms with Gasteiger partial charge in [0.2, 0.25) is 0 Å². The summed E-state index contributed by atoms with van der Waals surface area (Å²) in [4.78, 5) is 6.85. The average molecular weight is 253 g/mol. The van der Waals surface area contributed by atoms with E-state index in [0.717, 1.165) is 23.5 Å². The van der Waals surface area contributed by atoms with Crippen molar-refractivity contribution in [3.05, 3.63) is 41.4 Å². The Morgan fingerprint density at radius 3 is 3.11 bits per heavy atom. The van der Waals surface area contributed by atoms with Crippen LogP contribution < -0.4 is 5.32 Å². The van der Waals surface area contributed by atoms with E-state index in [0.29, 0.717) is 6.04 Å². The fourth-order valence-corrected chi connectivity index (χ4v) is 3.35. The lowest BCUT2D eigenvalue weighted by molar-refractivity contribution is 0.424. The van der Waals surface area contributed by atoms with Crippen LogP contribution in [-0.4, -0.2) is 18.1 Å². The highest BCUT2D eigenvalue weighted by Crippen LogP contribution is 2.32. The zero-order valence-corrected chi connectivity index (χ0v) is 11.2. The molecular weight excluding hydrogens is 234 g/mol. The molecule has 3 heteroatoms. The van der Waals surface area contributed by atoms with Gasteiger partial charge in [0.15, 0.2) is 5.69 Å². The van der Waals surface area contributed by atoms with Crippen LogP contribution in [0.4, 0.5) is 5.69 Å². The van der Waals surface area contributed by atoms with Crippen molar-refractivity contribution in [3.63, 3.8) is 0 Å². The van der Waals surface area contributed by atoms with Gasteiger partial charge in [0.1, 0.15) is 0 Å². The van der Waals surface area contributed by atoms with Crippen molar-refractivity contribution in [1.29, 1.82) is 0 Å². The molecule has 2 unspecified atom stereocenters. The minimum Gasteiger partial charge on any atom is -0.361 e. The quantitative estimate of drug-likeness (QED) is 0.804. The molecule has 0 spiro atoms. The molecule has 2 aromatic rings. The fourth-order valence-electron chi connectivity index (χ4n) is 3.35. The Morgan fingerprint density at radius 2 is 2.32 bits per heavy atom. The van der Waals surface area contributed by atoms with Gasteiger partial charge in [0.25, 0.3) is 0 Å². The molecule has 0 aliphatic heterocycles. The molecule has 98 valence electrons. The van der Waals surface area contributed by atoms with Crippen molar-refractivity contribution in [2.45, 2.75) is 31.7 Å². The van der Waals surface area contributed by atoms with E-state index in [1.807, 2.05) is 18.2 Å². The van der Waals surface area contributed by atoms with E-state index in [4.69, 9.17) is 6.57 Å². The largest absolute Gasteiger partial charge is 0.361 e. The summed E-state index contributed by atoms with van der Waals surface area (Å²) in [5.41, 5.74) is 3.22. The highest BCUT2D eigenvalue weighted by molar-refractivity contribution is 5.86. The van der Waals surface area contributed by atoms with Gasteiger partial charge in [-0.15, -0.1) is 0 Å². The van der Waals surface area contributed by atoms with Crippen LogP contribution in [0.5, 0.6) is 0 Å². The summed E-state index contributed by atoms with van der Waals surface area (Å²) in [6, 6.07) is 6.55. The molecule has 0 bridgehead atoms. The van der Waals surface area contributed by atoms with Crippen LogP contribution in [0.25, 0.3) is 15.7 Å². The van der Waals surface area contributed by atoms with Gasteiger partial charge in [0.05, 0.1) is 6.57 Å². The van der Waals surface area contributed by atoms with Gasteiger partial charge >= 0.3 is 0 Å².